The van der Waals surface area contributed by atoms with Crippen LogP contribution in [0.2, 0.25) is 0 Å². The molecule has 0 spiro atoms. The second-order valence-electron chi connectivity index (χ2n) is 2.44. The van der Waals surface area contributed by atoms with Crippen LogP contribution in [-0.4, -0.2) is 16.1 Å². The number of nitrogens with zero attached hydrogens (tertiary/aromatic N) is 1. The molecule has 1 aromatic heterocycles. The largest absolute Gasteiger partial charge is 0.476 e. The molecule has 0 bridgehead atoms. The molecule has 0 saturated carbocycles. The SMILES string of the molecule is Nc1ccc(C(F)(F)F)c(C(=O)O)n1. The van der Waals surface area contributed by atoms with Gasteiger partial charge in [-0.05, 0) is 12.1 Å². The highest BCUT2D eigenvalue weighted by Crippen LogP contribution is 2.31. The Morgan fingerprint density at radius 1 is 1.43 bits per heavy atom. The summed E-state index contributed by atoms with van der Waals surface area (Å²) in [6.45, 7) is 0. The highest BCUT2D eigenvalue weighted by Gasteiger charge is 2.36. The minimum atomic E-state index is -4.74. The Kier molecular flexibility index (Phi) is 2.33. The van der Waals surface area contributed by atoms with E-state index in [1.54, 1.807) is 0 Å². The van der Waals surface area contributed by atoms with Gasteiger partial charge in [-0.1, -0.05) is 0 Å². The third kappa shape index (κ3) is 1.93. The molecule has 0 unspecified atom stereocenters. The maximum atomic E-state index is 12.2. The summed E-state index contributed by atoms with van der Waals surface area (Å²) in [5.41, 5.74) is 2.67. The lowest BCUT2D eigenvalue weighted by atomic mass is 10.2. The summed E-state index contributed by atoms with van der Waals surface area (Å²) in [7, 11) is 0. The maximum Gasteiger partial charge on any atom is 0.418 e. The Labute approximate surface area is 76.2 Å². The van der Waals surface area contributed by atoms with E-state index < -0.39 is 23.4 Å². The molecule has 0 atom stereocenters. The highest BCUT2D eigenvalue weighted by atomic mass is 19.4. The average Bonchev–Trinajstić information content (AvgIpc) is 2.01. The molecular weight excluding hydrogens is 201 g/mol. The smallest absolute Gasteiger partial charge is 0.418 e. The van der Waals surface area contributed by atoms with Crippen LogP contribution in [0.1, 0.15) is 16.1 Å². The first-order chi connectivity index (χ1) is 6.32. The standard InChI is InChI=1S/C7H5F3N2O2/c8-7(9,10)3-1-2-4(11)12-5(3)6(13)14/h1-2H,(H2,11,12)(H,13,14). The number of anilines is 1. The number of carboxylic acids is 1. The van der Waals surface area contributed by atoms with Gasteiger partial charge in [0.2, 0.25) is 0 Å². The van der Waals surface area contributed by atoms with Crippen molar-refractivity contribution >= 4 is 11.8 Å². The Balaban J connectivity index is 3.37. The molecule has 0 fully saturated rings. The van der Waals surface area contributed by atoms with E-state index in [0.717, 1.165) is 6.07 Å². The van der Waals surface area contributed by atoms with E-state index in [9.17, 15) is 18.0 Å². The van der Waals surface area contributed by atoms with Gasteiger partial charge < -0.3 is 10.8 Å². The van der Waals surface area contributed by atoms with Gasteiger partial charge in [-0.3, -0.25) is 0 Å². The van der Waals surface area contributed by atoms with Gasteiger partial charge in [0.15, 0.2) is 5.69 Å². The zero-order chi connectivity index (χ0) is 10.9. The van der Waals surface area contributed by atoms with Crippen molar-refractivity contribution in [2.24, 2.45) is 0 Å². The Morgan fingerprint density at radius 3 is 2.43 bits per heavy atom. The van der Waals surface area contributed by atoms with Crippen LogP contribution in [0.3, 0.4) is 0 Å². The molecule has 1 rings (SSSR count). The lowest BCUT2D eigenvalue weighted by Gasteiger charge is -2.09. The molecule has 14 heavy (non-hydrogen) atoms. The van der Waals surface area contributed by atoms with Gasteiger partial charge in [-0.25, -0.2) is 9.78 Å². The Morgan fingerprint density at radius 2 is 2.00 bits per heavy atom. The van der Waals surface area contributed by atoms with Gasteiger partial charge in [0.1, 0.15) is 5.82 Å². The molecule has 4 nitrogen and oxygen atoms in total. The molecular formula is C7H5F3N2O2. The van der Waals surface area contributed by atoms with Crippen LogP contribution in [0.25, 0.3) is 0 Å². The first kappa shape index (κ1) is 10.3. The summed E-state index contributed by atoms with van der Waals surface area (Å²) in [6, 6.07) is 1.49. The zero-order valence-corrected chi connectivity index (χ0v) is 6.67. The fourth-order valence-electron chi connectivity index (χ4n) is 0.866. The third-order valence-electron chi connectivity index (χ3n) is 1.42. The van der Waals surface area contributed by atoms with Gasteiger partial charge in [0, 0.05) is 0 Å². The van der Waals surface area contributed by atoms with E-state index in [1.165, 1.54) is 0 Å². The van der Waals surface area contributed by atoms with E-state index >= 15 is 0 Å². The number of aromatic nitrogens is 1. The summed E-state index contributed by atoms with van der Waals surface area (Å²) in [5, 5.41) is 8.44. The molecule has 0 aliphatic heterocycles. The average molecular weight is 206 g/mol. The van der Waals surface area contributed by atoms with Gasteiger partial charge in [-0.15, -0.1) is 0 Å². The van der Waals surface area contributed by atoms with E-state index in [-0.39, 0.29) is 5.82 Å². The van der Waals surface area contributed by atoms with E-state index in [0.29, 0.717) is 6.07 Å². The van der Waals surface area contributed by atoms with Gasteiger partial charge in [0.05, 0.1) is 5.56 Å². The van der Waals surface area contributed by atoms with Crippen molar-refractivity contribution in [1.82, 2.24) is 4.98 Å². The van der Waals surface area contributed by atoms with Crippen molar-refractivity contribution in [2.45, 2.75) is 6.18 Å². The van der Waals surface area contributed by atoms with Crippen LogP contribution in [0.5, 0.6) is 0 Å². The third-order valence-corrected chi connectivity index (χ3v) is 1.42. The van der Waals surface area contributed by atoms with Crippen molar-refractivity contribution in [3.8, 4) is 0 Å². The molecule has 76 valence electrons. The molecule has 7 heteroatoms. The minimum absolute atomic E-state index is 0.268. The summed E-state index contributed by atoms with van der Waals surface area (Å²) in [6.07, 6.45) is -4.74. The molecule has 3 N–H and O–H groups in total. The summed E-state index contributed by atoms with van der Waals surface area (Å²) in [5.74, 6) is -2.03. The number of nitrogens with two attached hydrogens (primary N) is 1. The lowest BCUT2D eigenvalue weighted by Crippen LogP contribution is -2.15. The minimum Gasteiger partial charge on any atom is -0.476 e. The fourth-order valence-corrected chi connectivity index (χ4v) is 0.866. The number of rotatable bonds is 1. The molecule has 0 aliphatic carbocycles. The summed E-state index contributed by atoms with van der Waals surface area (Å²) >= 11 is 0. The maximum absolute atomic E-state index is 12.2. The Hall–Kier alpha value is -1.79. The number of nitrogen functional groups attached to an aromatic ring is 1. The van der Waals surface area contributed by atoms with Crippen LogP contribution < -0.4 is 5.73 Å². The molecule has 0 radical (unpaired) electrons. The number of alkyl halides is 3. The summed E-state index contributed by atoms with van der Waals surface area (Å²) < 4.78 is 36.6. The molecule has 0 amide bonds. The zero-order valence-electron chi connectivity index (χ0n) is 6.67. The molecule has 0 aromatic carbocycles. The highest BCUT2D eigenvalue weighted by molar-refractivity contribution is 5.87. The Bertz CT molecular complexity index is 376. The van der Waals surface area contributed by atoms with E-state index in [4.69, 9.17) is 10.8 Å². The predicted molar refractivity (Wildman–Crippen MR) is 40.6 cm³/mol. The number of hydrogen-bond acceptors (Lipinski definition) is 3. The molecule has 0 aliphatic rings. The number of carbonyl (C=O) groups is 1. The number of hydrogen-bond donors (Lipinski definition) is 2. The van der Waals surface area contributed by atoms with Crippen LogP contribution in [-0.2, 0) is 6.18 Å². The second kappa shape index (κ2) is 3.17. The summed E-state index contributed by atoms with van der Waals surface area (Å²) in [4.78, 5) is 13.5. The van der Waals surface area contributed by atoms with Crippen molar-refractivity contribution in [3.05, 3.63) is 23.4 Å². The molecule has 1 aromatic rings. The van der Waals surface area contributed by atoms with Crippen LogP contribution in [0, 0.1) is 0 Å². The van der Waals surface area contributed by atoms with E-state index in [1.807, 2.05) is 0 Å². The molecule has 1 heterocycles. The van der Waals surface area contributed by atoms with Crippen molar-refractivity contribution < 1.29 is 23.1 Å². The van der Waals surface area contributed by atoms with Crippen molar-refractivity contribution in [2.75, 3.05) is 5.73 Å². The monoisotopic (exact) mass is 206 g/mol. The quantitative estimate of drug-likeness (QED) is 0.727. The first-order valence-electron chi connectivity index (χ1n) is 3.39. The second-order valence-corrected chi connectivity index (χ2v) is 2.44. The first-order valence-corrected chi connectivity index (χ1v) is 3.39. The topological polar surface area (TPSA) is 76.2 Å². The van der Waals surface area contributed by atoms with Crippen molar-refractivity contribution in [1.29, 1.82) is 0 Å². The number of aromatic carboxylic acids is 1. The fraction of sp³-hybridized carbons (Fsp3) is 0.143. The van der Waals surface area contributed by atoms with Crippen LogP contribution in [0.4, 0.5) is 19.0 Å². The van der Waals surface area contributed by atoms with Crippen LogP contribution in [0.15, 0.2) is 12.1 Å². The van der Waals surface area contributed by atoms with Gasteiger partial charge >= 0.3 is 12.1 Å². The normalized spacial score (nSPS) is 11.4. The molecule has 0 saturated heterocycles. The number of pyridine rings is 1. The van der Waals surface area contributed by atoms with Gasteiger partial charge in [-0.2, -0.15) is 13.2 Å². The van der Waals surface area contributed by atoms with E-state index in [2.05, 4.69) is 4.98 Å². The van der Waals surface area contributed by atoms with Gasteiger partial charge in [0.25, 0.3) is 0 Å². The number of halogens is 3. The predicted octanol–water partition coefficient (Wildman–Crippen LogP) is 1.38. The van der Waals surface area contributed by atoms with Crippen molar-refractivity contribution in [3.63, 3.8) is 0 Å². The lowest BCUT2D eigenvalue weighted by molar-refractivity contribution is -0.138. The number of carboxylic acid groups (broad SMARTS) is 1. The van der Waals surface area contributed by atoms with Crippen LogP contribution >= 0.6 is 0 Å².